The first kappa shape index (κ1) is 13.7. The predicted molar refractivity (Wildman–Crippen MR) is 71.6 cm³/mol. The zero-order valence-electron chi connectivity index (χ0n) is 10.4. The van der Waals surface area contributed by atoms with E-state index in [2.05, 4.69) is 26.1 Å². The Labute approximate surface area is 119 Å². The number of rotatable bonds is 5. The fourth-order valence-electron chi connectivity index (χ4n) is 1.60. The third-order valence-corrected chi connectivity index (χ3v) is 2.86. The van der Waals surface area contributed by atoms with E-state index in [1.54, 1.807) is 6.92 Å². The van der Waals surface area contributed by atoms with Gasteiger partial charge in [0.1, 0.15) is 6.42 Å². The van der Waals surface area contributed by atoms with Crippen LogP contribution in [0.1, 0.15) is 24.2 Å². The molecule has 0 aliphatic carbocycles. The van der Waals surface area contributed by atoms with Crippen molar-refractivity contribution in [1.82, 2.24) is 10.1 Å². The summed E-state index contributed by atoms with van der Waals surface area (Å²) in [4.78, 5) is 15.4. The number of halogens is 1. The van der Waals surface area contributed by atoms with Crippen LogP contribution in [0.3, 0.4) is 0 Å². The van der Waals surface area contributed by atoms with E-state index in [9.17, 15) is 4.79 Å². The highest BCUT2D eigenvalue weighted by molar-refractivity contribution is 9.10. The molecule has 0 unspecified atom stereocenters. The Bertz CT molecular complexity index is 569. The van der Waals surface area contributed by atoms with Crippen molar-refractivity contribution >= 4 is 21.9 Å². The number of ether oxygens (including phenoxy) is 1. The molecule has 0 N–H and O–H groups in total. The van der Waals surface area contributed by atoms with Crippen LogP contribution in [0.5, 0.6) is 0 Å². The van der Waals surface area contributed by atoms with Gasteiger partial charge in [0.2, 0.25) is 5.89 Å². The molecule has 6 heteroatoms. The first-order valence-electron chi connectivity index (χ1n) is 5.89. The summed E-state index contributed by atoms with van der Waals surface area (Å²) in [6.07, 6.45) is 0.574. The molecule has 100 valence electrons. The standard InChI is InChI=1S/C13H13BrN2O3/c1-2-18-13(17)8-12-15-11(16-19-12)7-9-4-3-5-10(14)6-9/h3-6H,2,7-8H2,1H3. The van der Waals surface area contributed by atoms with E-state index < -0.39 is 0 Å². The molecule has 0 atom stereocenters. The summed E-state index contributed by atoms with van der Waals surface area (Å²) in [5.74, 6) is 0.473. The maximum Gasteiger partial charge on any atom is 0.315 e. The number of aromatic nitrogens is 2. The van der Waals surface area contributed by atoms with Crippen LogP contribution in [0.15, 0.2) is 33.3 Å². The van der Waals surface area contributed by atoms with Crippen LogP contribution >= 0.6 is 15.9 Å². The Morgan fingerprint density at radius 3 is 3.05 bits per heavy atom. The summed E-state index contributed by atoms with van der Waals surface area (Å²) in [6, 6.07) is 7.86. The highest BCUT2D eigenvalue weighted by Gasteiger charge is 2.12. The zero-order chi connectivity index (χ0) is 13.7. The fraction of sp³-hybridized carbons (Fsp3) is 0.308. The molecule has 0 bridgehead atoms. The van der Waals surface area contributed by atoms with E-state index in [1.165, 1.54) is 0 Å². The van der Waals surface area contributed by atoms with Crippen LogP contribution in [0.25, 0.3) is 0 Å². The number of esters is 1. The maximum absolute atomic E-state index is 11.3. The van der Waals surface area contributed by atoms with E-state index in [0.717, 1.165) is 10.0 Å². The first-order chi connectivity index (χ1) is 9.17. The van der Waals surface area contributed by atoms with Gasteiger partial charge in [-0.2, -0.15) is 4.98 Å². The fourth-order valence-corrected chi connectivity index (χ4v) is 2.05. The summed E-state index contributed by atoms with van der Waals surface area (Å²) in [5.41, 5.74) is 1.07. The lowest BCUT2D eigenvalue weighted by atomic mass is 10.1. The molecule has 0 spiro atoms. The SMILES string of the molecule is CCOC(=O)Cc1nc(Cc2cccc(Br)c2)no1. The Morgan fingerprint density at radius 1 is 1.47 bits per heavy atom. The summed E-state index contributed by atoms with van der Waals surface area (Å²) < 4.78 is 10.8. The molecule has 2 rings (SSSR count). The van der Waals surface area contributed by atoms with Gasteiger partial charge in [0.25, 0.3) is 0 Å². The van der Waals surface area contributed by atoms with E-state index in [4.69, 9.17) is 9.26 Å². The number of benzene rings is 1. The number of carbonyl (C=O) groups excluding carboxylic acids is 1. The van der Waals surface area contributed by atoms with Gasteiger partial charge in [0.15, 0.2) is 5.82 Å². The van der Waals surface area contributed by atoms with Crippen molar-refractivity contribution in [2.75, 3.05) is 6.61 Å². The quantitative estimate of drug-likeness (QED) is 0.791. The van der Waals surface area contributed by atoms with Crippen LogP contribution in [0.2, 0.25) is 0 Å². The summed E-state index contributed by atoms with van der Waals surface area (Å²) in [7, 11) is 0. The van der Waals surface area contributed by atoms with Crippen LogP contribution < -0.4 is 0 Å². The molecule has 0 amide bonds. The van der Waals surface area contributed by atoms with Crippen LogP contribution in [0, 0.1) is 0 Å². The number of nitrogens with zero attached hydrogens (tertiary/aromatic N) is 2. The van der Waals surface area contributed by atoms with Gasteiger partial charge in [0, 0.05) is 10.9 Å². The molecular weight excluding hydrogens is 312 g/mol. The molecule has 5 nitrogen and oxygen atoms in total. The second-order valence-electron chi connectivity index (χ2n) is 3.89. The number of hydrogen-bond acceptors (Lipinski definition) is 5. The summed E-state index contributed by atoms with van der Waals surface area (Å²) in [6.45, 7) is 2.10. The largest absolute Gasteiger partial charge is 0.466 e. The van der Waals surface area contributed by atoms with E-state index in [1.807, 2.05) is 24.3 Å². The Morgan fingerprint density at radius 2 is 2.32 bits per heavy atom. The van der Waals surface area contributed by atoms with Gasteiger partial charge >= 0.3 is 5.97 Å². The van der Waals surface area contributed by atoms with Gasteiger partial charge in [-0.05, 0) is 24.6 Å². The number of hydrogen-bond donors (Lipinski definition) is 0. The van der Waals surface area contributed by atoms with Gasteiger partial charge in [-0.25, -0.2) is 0 Å². The van der Waals surface area contributed by atoms with Gasteiger partial charge in [-0.15, -0.1) is 0 Å². The molecule has 0 fully saturated rings. The Balaban J connectivity index is 1.99. The van der Waals surface area contributed by atoms with Crippen molar-refractivity contribution < 1.29 is 14.1 Å². The van der Waals surface area contributed by atoms with Crippen molar-refractivity contribution in [3.05, 3.63) is 46.0 Å². The molecule has 0 saturated carbocycles. The average molecular weight is 325 g/mol. The predicted octanol–water partition coefficient (Wildman–Crippen LogP) is 2.53. The minimum atomic E-state index is -0.361. The lowest BCUT2D eigenvalue weighted by Gasteiger charge is -1.97. The molecule has 1 aromatic heterocycles. The Hall–Kier alpha value is -1.69. The monoisotopic (exact) mass is 324 g/mol. The van der Waals surface area contributed by atoms with Crippen LogP contribution in [-0.2, 0) is 22.4 Å². The lowest BCUT2D eigenvalue weighted by molar-refractivity contribution is -0.142. The van der Waals surface area contributed by atoms with E-state index in [-0.39, 0.29) is 18.3 Å². The molecule has 2 aromatic rings. The molecule has 0 aliphatic heterocycles. The minimum Gasteiger partial charge on any atom is -0.466 e. The highest BCUT2D eigenvalue weighted by atomic mass is 79.9. The maximum atomic E-state index is 11.3. The molecular formula is C13H13BrN2O3. The molecule has 19 heavy (non-hydrogen) atoms. The smallest absolute Gasteiger partial charge is 0.315 e. The summed E-state index contributed by atoms with van der Waals surface area (Å²) in [5, 5.41) is 3.85. The lowest BCUT2D eigenvalue weighted by Crippen LogP contribution is -2.07. The molecule has 1 heterocycles. The van der Waals surface area contributed by atoms with Gasteiger partial charge in [0.05, 0.1) is 6.61 Å². The van der Waals surface area contributed by atoms with E-state index >= 15 is 0 Å². The Kier molecular flexibility index (Phi) is 4.68. The third kappa shape index (κ3) is 4.17. The molecule has 0 radical (unpaired) electrons. The minimum absolute atomic E-state index is 0.0132. The molecule has 1 aromatic carbocycles. The van der Waals surface area contributed by atoms with Crippen molar-refractivity contribution in [3.63, 3.8) is 0 Å². The van der Waals surface area contributed by atoms with Gasteiger partial charge in [-0.1, -0.05) is 33.2 Å². The summed E-state index contributed by atoms with van der Waals surface area (Å²) >= 11 is 3.41. The second-order valence-corrected chi connectivity index (χ2v) is 4.81. The van der Waals surface area contributed by atoms with Crippen LogP contribution in [0.4, 0.5) is 0 Å². The highest BCUT2D eigenvalue weighted by Crippen LogP contribution is 2.14. The van der Waals surface area contributed by atoms with Gasteiger partial charge in [-0.3, -0.25) is 4.79 Å². The third-order valence-electron chi connectivity index (χ3n) is 2.36. The van der Waals surface area contributed by atoms with Crippen molar-refractivity contribution in [1.29, 1.82) is 0 Å². The topological polar surface area (TPSA) is 65.2 Å². The second kappa shape index (κ2) is 6.47. The van der Waals surface area contributed by atoms with Crippen molar-refractivity contribution in [2.45, 2.75) is 19.8 Å². The zero-order valence-corrected chi connectivity index (χ0v) is 12.0. The molecule has 0 aliphatic rings. The van der Waals surface area contributed by atoms with Gasteiger partial charge < -0.3 is 9.26 Å². The average Bonchev–Trinajstić information content (AvgIpc) is 2.76. The first-order valence-corrected chi connectivity index (χ1v) is 6.68. The van der Waals surface area contributed by atoms with Crippen molar-refractivity contribution in [2.24, 2.45) is 0 Å². The number of carbonyl (C=O) groups is 1. The van der Waals surface area contributed by atoms with Crippen molar-refractivity contribution in [3.8, 4) is 0 Å². The van der Waals surface area contributed by atoms with E-state index in [0.29, 0.717) is 18.9 Å². The normalized spacial score (nSPS) is 10.4. The molecule has 0 saturated heterocycles. The van der Waals surface area contributed by atoms with Crippen LogP contribution in [-0.4, -0.2) is 22.7 Å².